The molecule has 4 nitrogen and oxygen atoms in total. The van der Waals surface area contributed by atoms with Gasteiger partial charge in [-0.25, -0.2) is 0 Å². The van der Waals surface area contributed by atoms with Crippen molar-refractivity contribution >= 4 is 152 Å². The highest BCUT2D eigenvalue weighted by Gasteiger charge is 2.28. The monoisotopic (exact) mass is 1340 g/mol. The van der Waals surface area contributed by atoms with Gasteiger partial charge in [-0.2, -0.15) is 0 Å². The van der Waals surface area contributed by atoms with Crippen LogP contribution in [-0.2, 0) is 0 Å². The lowest BCUT2D eigenvalue weighted by molar-refractivity contribution is 1.18. The fraction of sp³-hybridized carbons (Fsp3) is 0. The number of hydrogen-bond acceptors (Lipinski definition) is 0. The summed E-state index contributed by atoms with van der Waals surface area (Å²) in [7, 11) is 0. The Balaban J connectivity index is 0.000000132. The molecule has 4 heterocycles. The largest absolute Gasteiger partial charge is 0.309 e. The van der Waals surface area contributed by atoms with Gasteiger partial charge in [0.25, 0.3) is 0 Å². The lowest BCUT2D eigenvalue weighted by atomic mass is 9.97. The van der Waals surface area contributed by atoms with Gasteiger partial charge in [-0.3, -0.25) is 0 Å². The first-order valence-electron chi connectivity index (χ1n) is 36.6. The van der Waals surface area contributed by atoms with Crippen LogP contribution in [-0.4, -0.2) is 18.3 Å². The second-order valence-corrected chi connectivity index (χ2v) is 28.2. The van der Waals surface area contributed by atoms with Gasteiger partial charge in [-0.05, 0) is 160 Å². The van der Waals surface area contributed by atoms with Crippen LogP contribution in [0.15, 0.2) is 388 Å². The summed E-state index contributed by atoms with van der Waals surface area (Å²) in [6, 6.07) is 142. The predicted octanol–water partition coefficient (Wildman–Crippen LogP) is 27.7. The first-order chi connectivity index (χ1) is 52.6. The minimum atomic E-state index is 1.15. The summed E-state index contributed by atoms with van der Waals surface area (Å²) in [4.78, 5) is 0. The van der Waals surface area contributed by atoms with Crippen LogP contribution in [0.5, 0.6) is 0 Å². The summed E-state index contributed by atoms with van der Waals surface area (Å²) >= 11 is 0. The van der Waals surface area contributed by atoms with Gasteiger partial charge in [0, 0.05) is 76.6 Å². The number of aromatic nitrogens is 4. The van der Waals surface area contributed by atoms with Gasteiger partial charge >= 0.3 is 0 Å². The van der Waals surface area contributed by atoms with E-state index in [1.807, 2.05) is 0 Å². The zero-order valence-corrected chi connectivity index (χ0v) is 57.7. The molecular weight excluding hydrogens is 1280 g/mol. The van der Waals surface area contributed by atoms with Crippen LogP contribution in [0.4, 0.5) is 0 Å². The van der Waals surface area contributed by atoms with Crippen molar-refractivity contribution in [1.82, 2.24) is 18.3 Å². The summed E-state index contributed by atoms with van der Waals surface area (Å²) in [5, 5.41) is 25.3. The van der Waals surface area contributed by atoms with Gasteiger partial charge in [0.05, 0.1) is 44.1 Å². The molecule has 0 spiro atoms. The van der Waals surface area contributed by atoms with Gasteiger partial charge in [0.1, 0.15) is 0 Å². The van der Waals surface area contributed by atoms with Crippen molar-refractivity contribution in [3.8, 4) is 56.1 Å². The van der Waals surface area contributed by atoms with Crippen LogP contribution in [0.1, 0.15) is 0 Å². The molecule has 492 valence electrons. The van der Waals surface area contributed by atoms with Crippen LogP contribution < -0.4 is 0 Å². The zero-order valence-electron chi connectivity index (χ0n) is 57.7. The number of para-hydroxylation sites is 2. The second-order valence-electron chi connectivity index (χ2n) is 28.2. The molecule has 0 aliphatic carbocycles. The van der Waals surface area contributed by atoms with Crippen molar-refractivity contribution in [2.75, 3.05) is 0 Å². The maximum Gasteiger partial charge on any atom is 0.0648 e. The highest BCUT2D eigenvalue weighted by Crippen LogP contribution is 2.51. The van der Waals surface area contributed by atoms with Crippen LogP contribution in [0.2, 0.25) is 0 Å². The molecule has 4 aromatic heterocycles. The van der Waals surface area contributed by atoms with E-state index in [1.54, 1.807) is 0 Å². The standard InChI is InChI=1S/C52H32N2.C50H32N2/c1-2-13-33(14-3-1)36-17-12-18-38(31-36)54-47-30-27-35-16-5-7-20-42(35)48(47)49-43-21-8-9-22-44(43)51-50(52(49)54)45-23-10-11-24-46(45)53(51)39-28-29-41-37(32-39)26-25-34-15-4-6-19-40(34)41;1-3-14-33(15-4-1)35-26-29-38(30-27-35)51-45-31-28-36-18-7-8-21-40(36)46(45)47-41-22-9-10-23-42(41)49-48(50(47)51)43-24-11-12-25-44(43)52(49)39-20-13-19-37(32-39)34-16-5-2-6-17-34/h1-32H;1-32H. The third-order valence-electron chi connectivity index (χ3n) is 22.5. The third kappa shape index (κ3) is 9.01. The molecule has 23 rings (SSSR count). The molecule has 23 aromatic rings. The average Bonchev–Trinajstić information content (AvgIpc) is 1.52. The van der Waals surface area contributed by atoms with E-state index in [2.05, 4.69) is 407 Å². The molecule has 0 bridgehead atoms. The van der Waals surface area contributed by atoms with E-state index in [9.17, 15) is 0 Å². The highest BCUT2D eigenvalue weighted by atomic mass is 15.0. The summed E-state index contributed by atoms with van der Waals surface area (Å²) in [5.41, 5.74) is 21.6. The minimum absolute atomic E-state index is 1.15. The topological polar surface area (TPSA) is 19.7 Å². The summed E-state index contributed by atoms with van der Waals surface area (Å²) in [6.07, 6.45) is 0. The van der Waals surface area contributed by atoms with Crippen molar-refractivity contribution in [1.29, 1.82) is 0 Å². The molecule has 19 aromatic carbocycles. The molecule has 0 saturated heterocycles. The van der Waals surface area contributed by atoms with Gasteiger partial charge in [-0.1, -0.05) is 315 Å². The Bertz CT molecular complexity index is 7540. The first kappa shape index (κ1) is 59.6. The van der Waals surface area contributed by atoms with Crippen molar-refractivity contribution in [3.63, 3.8) is 0 Å². The number of rotatable bonds is 7. The molecule has 0 radical (unpaired) electrons. The molecule has 0 atom stereocenters. The lowest BCUT2D eigenvalue weighted by Gasteiger charge is -2.14. The van der Waals surface area contributed by atoms with E-state index in [1.165, 1.54) is 185 Å². The third-order valence-corrected chi connectivity index (χ3v) is 22.5. The molecule has 106 heavy (non-hydrogen) atoms. The van der Waals surface area contributed by atoms with E-state index in [4.69, 9.17) is 0 Å². The Kier molecular flexibility index (Phi) is 13.4. The van der Waals surface area contributed by atoms with Crippen LogP contribution in [0.25, 0.3) is 208 Å². The molecule has 0 N–H and O–H groups in total. The van der Waals surface area contributed by atoms with Crippen molar-refractivity contribution < 1.29 is 0 Å². The Hall–Kier alpha value is -14.1. The average molecular weight is 1350 g/mol. The first-order valence-corrected chi connectivity index (χ1v) is 36.6. The molecule has 0 saturated carbocycles. The fourth-order valence-electron chi connectivity index (χ4n) is 18.0. The molecule has 0 amide bonds. The van der Waals surface area contributed by atoms with Gasteiger partial charge < -0.3 is 18.3 Å². The van der Waals surface area contributed by atoms with E-state index in [0.717, 1.165) is 22.7 Å². The minimum Gasteiger partial charge on any atom is -0.309 e. The zero-order chi connectivity index (χ0) is 69.5. The second kappa shape index (κ2) is 23.8. The fourth-order valence-corrected chi connectivity index (χ4v) is 18.0. The molecule has 0 unspecified atom stereocenters. The van der Waals surface area contributed by atoms with Crippen molar-refractivity contribution in [3.05, 3.63) is 388 Å². The molecule has 0 fully saturated rings. The Morgan fingerprint density at radius 1 is 0.132 bits per heavy atom. The Morgan fingerprint density at radius 2 is 0.453 bits per heavy atom. The van der Waals surface area contributed by atoms with E-state index < -0.39 is 0 Å². The SMILES string of the molecule is c1ccc(-c2ccc(-n3c4ccc5ccccc5c4c4c5ccccc5c5c(c6ccccc6n5-c5cccc(-c6ccccc6)c5)c43)cc2)cc1.c1ccc(-c2cccc(-n3c4ccc5ccccc5c4c4c5ccccc5c5c(c6ccccc6n5-c5ccc6c(ccc7ccccc76)c5)c43)c2)cc1. The van der Waals surface area contributed by atoms with E-state index in [-0.39, 0.29) is 0 Å². The van der Waals surface area contributed by atoms with Crippen LogP contribution >= 0.6 is 0 Å². The summed E-state index contributed by atoms with van der Waals surface area (Å²) in [5.74, 6) is 0. The predicted molar refractivity (Wildman–Crippen MR) is 452 cm³/mol. The smallest absolute Gasteiger partial charge is 0.0648 e. The lowest BCUT2D eigenvalue weighted by Crippen LogP contribution is -1.97. The Morgan fingerprint density at radius 3 is 0.943 bits per heavy atom. The molecule has 0 aliphatic heterocycles. The van der Waals surface area contributed by atoms with E-state index >= 15 is 0 Å². The maximum atomic E-state index is 2.54. The Labute approximate surface area is 610 Å². The number of benzene rings is 19. The van der Waals surface area contributed by atoms with Gasteiger partial charge in [0.15, 0.2) is 0 Å². The van der Waals surface area contributed by atoms with Crippen LogP contribution in [0, 0.1) is 0 Å². The normalized spacial score (nSPS) is 12.0. The highest BCUT2D eigenvalue weighted by molar-refractivity contribution is 6.41. The van der Waals surface area contributed by atoms with Gasteiger partial charge in [-0.15, -0.1) is 0 Å². The number of fused-ring (bicyclic) bond motifs is 27. The summed E-state index contributed by atoms with van der Waals surface area (Å²) < 4.78 is 10.1. The van der Waals surface area contributed by atoms with Crippen LogP contribution in [0.3, 0.4) is 0 Å². The molecule has 0 aliphatic rings. The molecular formula is C102H64N4. The summed E-state index contributed by atoms with van der Waals surface area (Å²) in [6.45, 7) is 0. The number of nitrogens with zero attached hydrogens (tertiary/aromatic N) is 4. The maximum absolute atomic E-state index is 2.54. The number of hydrogen-bond donors (Lipinski definition) is 0. The van der Waals surface area contributed by atoms with Crippen molar-refractivity contribution in [2.45, 2.75) is 0 Å². The van der Waals surface area contributed by atoms with Crippen molar-refractivity contribution in [2.24, 2.45) is 0 Å². The van der Waals surface area contributed by atoms with Gasteiger partial charge in [0.2, 0.25) is 0 Å². The quantitative estimate of drug-likeness (QED) is 0.142. The van der Waals surface area contributed by atoms with E-state index in [0.29, 0.717) is 0 Å². The molecule has 4 heteroatoms.